The molecule has 0 atom stereocenters. The summed E-state index contributed by atoms with van der Waals surface area (Å²) in [5.41, 5.74) is 0. The second kappa shape index (κ2) is 4.61. The molecule has 0 fully saturated rings. The lowest BCUT2D eigenvalue weighted by molar-refractivity contribution is 0.0929. The highest BCUT2D eigenvalue weighted by Crippen LogP contribution is 2.07. The summed E-state index contributed by atoms with van der Waals surface area (Å²) in [6.45, 7) is 1.93. The van der Waals surface area contributed by atoms with Gasteiger partial charge >= 0.3 is 6.09 Å². The molecule has 0 spiro atoms. The minimum Gasteiger partial charge on any atom is -0.450 e. The van der Waals surface area contributed by atoms with Crippen molar-refractivity contribution in [3.63, 3.8) is 0 Å². The molecule has 1 aromatic heterocycles. The Balaban J connectivity index is 2.47. The van der Waals surface area contributed by atoms with Gasteiger partial charge in [0.1, 0.15) is 0 Å². The predicted octanol–water partition coefficient (Wildman–Crippen LogP) is 1.63. The molecule has 1 N–H and O–H groups in total. The lowest BCUT2D eigenvalue weighted by atomic mass is 10.4. The fourth-order valence-corrected chi connectivity index (χ4v) is 1.35. The molecule has 0 aromatic carbocycles. The van der Waals surface area contributed by atoms with Gasteiger partial charge in [-0.1, -0.05) is 6.07 Å². The second-order valence-electron chi connectivity index (χ2n) is 2.15. The first kappa shape index (κ1) is 9.73. The number of carbonyl (C=O) groups is 2. The summed E-state index contributed by atoms with van der Waals surface area (Å²) in [6, 6.07) is 3.38. The smallest absolute Gasteiger partial charge is 0.414 e. The molecule has 1 aromatic rings. The van der Waals surface area contributed by atoms with Crippen LogP contribution in [0.2, 0.25) is 0 Å². The van der Waals surface area contributed by atoms with Gasteiger partial charge < -0.3 is 4.74 Å². The van der Waals surface area contributed by atoms with Gasteiger partial charge in [0.25, 0.3) is 5.91 Å². The maximum absolute atomic E-state index is 11.2. The van der Waals surface area contributed by atoms with Crippen LogP contribution >= 0.6 is 11.3 Å². The molecule has 0 aliphatic heterocycles. The van der Waals surface area contributed by atoms with Crippen LogP contribution in [-0.2, 0) is 4.74 Å². The normalized spacial score (nSPS) is 9.31. The summed E-state index contributed by atoms with van der Waals surface area (Å²) in [5, 5.41) is 3.86. The van der Waals surface area contributed by atoms with Gasteiger partial charge in [-0.25, -0.2) is 4.79 Å². The van der Waals surface area contributed by atoms with Crippen LogP contribution in [0.1, 0.15) is 16.6 Å². The summed E-state index contributed by atoms with van der Waals surface area (Å²) in [4.78, 5) is 22.5. The number of nitrogens with one attached hydrogen (secondary N) is 1. The van der Waals surface area contributed by atoms with Crippen LogP contribution in [-0.4, -0.2) is 18.6 Å². The van der Waals surface area contributed by atoms with Crippen molar-refractivity contribution in [2.75, 3.05) is 6.61 Å². The molecular weight excluding hydrogens is 190 g/mol. The summed E-state index contributed by atoms with van der Waals surface area (Å²) in [7, 11) is 0. The van der Waals surface area contributed by atoms with E-state index < -0.39 is 12.0 Å². The van der Waals surface area contributed by atoms with E-state index in [9.17, 15) is 9.59 Å². The topological polar surface area (TPSA) is 55.4 Å². The van der Waals surface area contributed by atoms with Crippen molar-refractivity contribution in [1.29, 1.82) is 0 Å². The molecule has 0 aliphatic rings. The van der Waals surface area contributed by atoms with Crippen LogP contribution in [0.5, 0.6) is 0 Å². The average Bonchev–Trinajstić information content (AvgIpc) is 2.55. The zero-order valence-electron chi connectivity index (χ0n) is 7.07. The predicted molar refractivity (Wildman–Crippen MR) is 48.8 cm³/mol. The second-order valence-corrected chi connectivity index (χ2v) is 3.10. The zero-order valence-corrected chi connectivity index (χ0v) is 7.89. The molecule has 0 aliphatic carbocycles. The Labute approximate surface area is 79.5 Å². The Kier molecular flexibility index (Phi) is 3.45. The lowest BCUT2D eigenvalue weighted by Crippen LogP contribution is -2.30. The third kappa shape index (κ3) is 2.87. The molecule has 4 nitrogen and oxygen atoms in total. The number of hydrogen-bond donors (Lipinski definition) is 1. The Morgan fingerprint density at radius 2 is 2.38 bits per heavy atom. The number of imide groups is 1. The first-order valence-electron chi connectivity index (χ1n) is 3.75. The van der Waals surface area contributed by atoms with E-state index in [4.69, 9.17) is 0 Å². The van der Waals surface area contributed by atoms with Crippen LogP contribution in [0, 0.1) is 0 Å². The summed E-state index contributed by atoms with van der Waals surface area (Å²) >= 11 is 1.27. The van der Waals surface area contributed by atoms with E-state index >= 15 is 0 Å². The number of thiophene rings is 1. The first-order valence-corrected chi connectivity index (χ1v) is 4.63. The minimum absolute atomic E-state index is 0.254. The fourth-order valence-electron chi connectivity index (χ4n) is 0.729. The summed E-state index contributed by atoms with van der Waals surface area (Å²) < 4.78 is 4.54. The molecule has 2 amide bonds. The minimum atomic E-state index is -0.707. The fraction of sp³-hybridized carbons (Fsp3) is 0.250. The van der Waals surface area contributed by atoms with Crippen LogP contribution < -0.4 is 5.32 Å². The van der Waals surface area contributed by atoms with Crippen molar-refractivity contribution in [2.45, 2.75) is 6.92 Å². The van der Waals surface area contributed by atoms with Gasteiger partial charge in [-0.05, 0) is 18.4 Å². The first-order chi connectivity index (χ1) is 6.24. The van der Waals surface area contributed by atoms with E-state index in [1.807, 2.05) is 0 Å². The summed E-state index contributed by atoms with van der Waals surface area (Å²) in [5.74, 6) is -0.423. The molecular formula is C8H9NO3S. The van der Waals surface area contributed by atoms with Crippen molar-refractivity contribution in [3.05, 3.63) is 22.4 Å². The molecule has 0 unspecified atom stereocenters. The molecule has 0 saturated carbocycles. The number of amides is 2. The lowest BCUT2D eigenvalue weighted by Gasteiger charge is -2.01. The monoisotopic (exact) mass is 199 g/mol. The Morgan fingerprint density at radius 3 is 2.92 bits per heavy atom. The van der Waals surface area contributed by atoms with Crippen LogP contribution in [0.3, 0.4) is 0 Å². The van der Waals surface area contributed by atoms with E-state index in [1.54, 1.807) is 24.4 Å². The van der Waals surface area contributed by atoms with Gasteiger partial charge in [0.2, 0.25) is 0 Å². The molecule has 0 bridgehead atoms. The number of carbonyl (C=O) groups excluding carboxylic acids is 2. The van der Waals surface area contributed by atoms with Crippen molar-refractivity contribution in [3.8, 4) is 0 Å². The van der Waals surface area contributed by atoms with Gasteiger partial charge in [0.15, 0.2) is 0 Å². The highest BCUT2D eigenvalue weighted by atomic mass is 32.1. The number of ether oxygens (including phenoxy) is 1. The molecule has 70 valence electrons. The zero-order chi connectivity index (χ0) is 9.68. The van der Waals surface area contributed by atoms with E-state index in [0.29, 0.717) is 4.88 Å². The van der Waals surface area contributed by atoms with Crippen LogP contribution in [0.4, 0.5) is 4.79 Å². The van der Waals surface area contributed by atoms with Crippen molar-refractivity contribution >= 4 is 23.3 Å². The van der Waals surface area contributed by atoms with Crippen LogP contribution in [0.15, 0.2) is 17.5 Å². The van der Waals surface area contributed by atoms with Crippen molar-refractivity contribution < 1.29 is 14.3 Å². The van der Waals surface area contributed by atoms with Gasteiger partial charge in [-0.2, -0.15) is 0 Å². The van der Waals surface area contributed by atoms with E-state index in [0.717, 1.165) is 0 Å². The van der Waals surface area contributed by atoms with E-state index in [1.165, 1.54) is 11.3 Å². The molecule has 0 radical (unpaired) electrons. The molecule has 1 heterocycles. The maximum atomic E-state index is 11.2. The average molecular weight is 199 g/mol. The number of hydrogen-bond acceptors (Lipinski definition) is 4. The van der Waals surface area contributed by atoms with Gasteiger partial charge in [0, 0.05) is 0 Å². The van der Waals surface area contributed by atoms with E-state index in [2.05, 4.69) is 10.1 Å². The third-order valence-corrected chi connectivity index (χ3v) is 2.10. The van der Waals surface area contributed by atoms with Gasteiger partial charge in [0.05, 0.1) is 11.5 Å². The Bertz CT molecular complexity index is 294. The standard InChI is InChI=1S/C8H9NO3S/c1-2-12-8(11)9-7(10)6-4-3-5-13-6/h3-5H,2H2,1H3,(H,9,10,11). The molecule has 1 rings (SSSR count). The van der Waals surface area contributed by atoms with Crippen molar-refractivity contribution in [1.82, 2.24) is 5.32 Å². The SMILES string of the molecule is CCOC(=O)NC(=O)c1cccs1. The van der Waals surface area contributed by atoms with Crippen LogP contribution in [0.25, 0.3) is 0 Å². The number of rotatable bonds is 2. The third-order valence-electron chi connectivity index (χ3n) is 1.24. The highest BCUT2D eigenvalue weighted by molar-refractivity contribution is 7.12. The maximum Gasteiger partial charge on any atom is 0.414 e. The summed E-state index contributed by atoms with van der Waals surface area (Å²) in [6.07, 6.45) is -0.707. The molecule has 5 heteroatoms. The Morgan fingerprint density at radius 1 is 1.62 bits per heavy atom. The highest BCUT2D eigenvalue weighted by Gasteiger charge is 2.10. The van der Waals surface area contributed by atoms with E-state index in [-0.39, 0.29) is 6.61 Å². The molecule has 0 saturated heterocycles. The van der Waals surface area contributed by atoms with Crippen molar-refractivity contribution in [2.24, 2.45) is 0 Å². The van der Waals surface area contributed by atoms with Gasteiger partial charge in [-0.15, -0.1) is 11.3 Å². The largest absolute Gasteiger partial charge is 0.450 e. The quantitative estimate of drug-likeness (QED) is 0.787. The Hall–Kier alpha value is -1.36. The van der Waals surface area contributed by atoms with Gasteiger partial charge in [-0.3, -0.25) is 10.1 Å². The number of alkyl carbamates (subject to hydrolysis) is 1. The molecule has 13 heavy (non-hydrogen) atoms.